The van der Waals surface area contributed by atoms with Gasteiger partial charge in [-0.25, -0.2) is 4.79 Å². The monoisotopic (exact) mass is 317 g/mol. The normalized spacial score (nSPS) is 11.7. The van der Waals surface area contributed by atoms with Gasteiger partial charge in [0.1, 0.15) is 18.1 Å². The van der Waals surface area contributed by atoms with E-state index in [1.165, 1.54) is 6.07 Å². The van der Waals surface area contributed by atoms with Crippen LogP contribution >= 0.6 is 0 Å². The van der Waals surface area contributed by atoms with E-state index in [1.807, 2.05) is 38.1 Å². The summed E-state index contributed by atoms with van der Waals surface area (Å²) in [4.78, 5) is 22.7. The highest BCUT2D eigenvalue weighted by Gasteiger charge is 2.16. The minimum Gasteiger partial charge on any atom is -0.488 e. The number of para-hydroxylation sites is 1. The van der Waals surface area contributed by atoms with Gasteiger partial charge in [0.05, 0.1) is 12.1 Å². The number of carbonyl (C=O) groups excluding carboxylic acids is 1. The lowest BCUT2D eigenvalue weighted by atomic mass is 10.2. The highest BCUT2D eigenvalue weighted by atomic mass is 16.5. The predicted octanol–water partition coefficient (Wildman–Crippen LogP) is 2.87. The fraction of sp³-hybridized carbons (Fsp3) is 0.294. The molecule has 0 aliphatic carbocycles. The quantitative estimate of drug-likeness (QED) is 0.819. The fourth-order valence-corrected chi connectivity index (χ4v) is 2.00. The van der Waals surface area contributed by atoms with Crippen molar-refractivity contribution < 1.29 is 23.8 Å². The number of rotatable bonds is 7. The van der Waals surface area contributed by atoms with Crippen molar-refractivity contribution in [2.75, 3.05) is 6.54 Å². The molecule has 122 valence electrons. The number of carboxylic acids is 1. The molecule has 1 aromatic heterocycles. The third kappa shape index (κ3) is 4.35. The Morgan fingerprint density at radius 1 is 1.35 bits per heavy atom. The lowest BCUT2D eigenvalue weighted by Gasteiger charge is -2.19. The van der Waals surface area contributed by atoms with Gasteiger partial charge in [0.25, 0.3) is 5.91 Å². The van der Waals surface area contributed by atoms with Crippen LogP contribution in [0, 0.1) is 6.92 Å². The molecule has 0 saturated carbocycles. The van der Waals surface area contributed by atoms with Gasteiger partial charge in [-0.15, -0.1) is 0 Å². The third-order valence-electron chi connectivity index (χ3n) is 3.40. The van der Waals surface area contributed by atoms with E-state index in [0.29, 0.717) is 13.0 Å². The van der Waals surface area contributed by atoms with Gasteiger partial charge in [-0.3, -0.25) is 4.79 Å². The Morgan fingerprint density at radius 3 is 2.70 bits per heavy atom. The van der Waals surface area contributed by atoms with E-state index < -0.39 is 11.9 Å². The summed E-state index contributed by atoms with van der Waals surface area (Å²) >= 11 is 0. The number of carboxylic acid groups (broad SMARTS) is 1. The Labute approximate surface area is 134 Å². The van der Waals surface area contributed by atoms with E-state index in [2.05, 4.69) is 5.32 Å². The first kappa shape index (κ1) is 16.6. The molecular formula is C17H19NO5. The maximum absolute atomic E-state index is 12.0. The SMILES string of the molecule is CCC(CNC(=O)c1cc(C(=O)O)co1)Oc1ccccc1C. The van der Waals surface area contributed by atoms with Gasteiger partial charge < -0.3 is 19.6 Å². The van der Waals surface area contributed by atoms with Crippen molar-refractivity contribution in [1.29, 1.82) is 0 Å². The number of carbonyl (C=O) groups is 2. The van der Waals surface area contributed by atoms with Crippen LogP contribution in [0.1, 0.15) is 39.8 Å². The van der Waals surface area contributed by atoms with Gasteiger partial charge >= 0.3 is 5.97 Å². The van der Waals surface area contributed by atoms with E-state index in [9.17, 15) is 9.59 Å². The van der Waals surface area contributed by atoms with Crippen LogP contribution in [0.15, 0.2) is 41.0 Å². The number of aromatic carboxylic acids is 1. The van der Waals surface area contributed by atoms with Crippen molar-refractivity contribution in [2.24, 2.45) is 0 Å². The van der Waals surface area contributed by atoms with E-state index in [1.54, 1.807) is 0 Å². The summed E-state index contributed by atoms with van der Waals surface area (Å²) in [6.45, 7) is 4.22. The molecular weight excluding hydrogens is 298 g/mol. The Hall–Kier alpha value is -2.76. The molecule has 0 aliphatic heterocycles. The summed E-state index contributed by atoms with van der Waals surface area (Å²) in [6.07, 6.45) is 1.57. The van der Waals surface area contributed by atoms with Crippen LogP contribution in [0.25, 0.3) is 0 Å². The number of benzene rings is 1. The zero-order valence-electron chi connectivity index (χ0n) is 13.0. The number of aryl methyl sites for hydroxylation is 1. The Morgan fingerprint density at radius 2 is 2.09 bits per heavy atom. The molecule has 1 unspecified atom stereocenters. The molecule has 2 N–H and O–H groups in total. The molecule has 1 atom stereocenters. The average Bonchev–Trinajstić information content (AvgIpc) is 3.03. The molecule has 2 rings (SSSR count). The van der Waals surface area contributed by atoms with Crippen LogP contribution in [-0.4, -0.2) is 29.6 Å². The lowest BCUT2D eigenvalue weighted by Crippen LogP contribution is -2.35. The maximum Gasteiger partial charge on any atom is 0.338 e. The van der Waals surface area contributed by atoms with Crippen LogP contribution in [0.4, 0.5) is 0 Å². The first-order valence-corrected chi connectivity index (χ1v) is 7.33. The van der Waals surface area contributed by atoms with Gasteiger partial charge in [-0.05, 0) is 25.0 Å². The molecule has 1 heterocycles. The smallest absolute Gasteiger partial charge is 0.338 e. The van der Waals surface area contributed by atoms with Crippen LogP contribution in [0.5, 0.6) is 5.75 Å². The molecule has 2 aromatic rings. The van der Waals surface area contributed by atoms with Crippen molar-refractivity contribution in [3.05, 3.63) is 53.5 Å². The molecule has 1 aromatic carbocycles. The minimum absolute atomic E-state index is 0.0341. The van der Waals surface area contributed by atoms with Crippen LogP contribution in [0.3, 0.4) is 0 Å². The third-order valence-corrected chi connectivity index (χ3v) is 3.40. The molecule has 0 radical (unpaired) electrons. The number of ether oxygens (including phenoxy) is 1. The van der Waals surface area contributed by atoms with Crippen molar-refractivity contribution in [3.8, 4) is 5.75 Å². The van der Waals surface area contributed by atoms with Crippen molar-refractivity contribution >= 4 is 11.9 Å². The van der Waals surface area contributed by atoms with Crippen molar-refractivity contribution in [2.45, 2.75) is 26.4 Å². The summed E-state index contributed by atoms with van der Waals surface area (Å²) in [5.74, 6) is -0.862. The summed E-state index contributed by atoms with van der Waals surface area (Å²) in [5.41, 5.74) is 0.966. The first-order valence-electron chi connectivity index (χ1n) is 7.33. The molecule has 23 heavy (non-hydrogen) atoms. The summed E-state index contributed by atoms with van der Waals surface area (Å²) in [6, 6.07) is 8.86. The predicted molar refractivity (Wildman–Crippen MR) is 83.9 cm³/mol. The molecule has 0 saturated heterocycles. The van der Waals surface area contributed by atoms with E-state index >= 15 is 0 Å². The number of hydrogen-bond acceptors (Lipinski definition) is 4. The standard InChI is InChI=1S/C17H19NO5/c1-3-13(23-14-7-5-4-6-11(14)2)9-18-16(19)15-8-12(10-22-15)17(20)21/h4-8,10,13H,3,9H2,1-2H3,(H,18,19)(H,20,21). The fourth-order valence-electron chi connectivity index (χ4n) is 2.00. The van der Waals surface area contributed by atoms with Gasteiger partial charge in [0.2, 0.25) is 0 Å². The summed E-state index contributed by atoms with van der Waals surface area (Å²) in [7, 11) is 0. The second-order valence-corrected chi connectivity index (χ2v) is 5.13. The molecule has 6 heteroatoms. The first-order chi connectivity index (χ1) is 11.0. The topological polar surface area (TPSA) is 88.8 Å². The van der Waals surface area contributed by atoms with E-state index in [4.69, 9.17) is 14.3 Å². The average molecular weight is 317 g/mol. The highest BCUT2D eigenvalue weighted by Crippen LogP contribution is 2.18. The molecule has 0 aliphatic rings. The molecule has 6 nitrogen and oxygen atoms in total. The second-order valence-electron chi connectivity index (χ2n) is 5.13. The van der Waals surface area contributed by atoms with E-state index in [-0.39, 0.29) is 17.4 Å². The van der Waals surface area contributed by atoms with Gasteiger partial charge in [0, 0.05) is 6.07 Å². The second kappa shape index (κ2) is 7.49. The highest BCUT2D eigenvalue weighted by molar-refractivity contribution is 5.95. The number of hydrogen-bond donors (Lipinski definition) is 2. The van der Waals surface area contributed by atoms with Gasteiger partial charge in [0.15, 0.2) is 5.76 Å². The molecule has 0 spiro atoms. The number of nitrogens with one attached hydrogen (secondary N) is 1. The molecule has 0 bridgehead atoms. The van der Waals surface area contributed by atoms with E-state index in [0.717, 1.165) is 17.6 Å². The maximum atomic E-state index is 12.0. The van der Waals surface area contributed by atoms with Crippen LogP contribution in [0.2, 0.25) is 0 Å². The van der Waals surface area contributed by atoms with Gasteiger partial charge in [-0.1, -0.05) is 25.1 Å². The zero-order valence-corrected chi connectivity index (χ0v) is 13.0. The Bertz CT molecular complexity index is 692. The summed E-state index contributed by atoms with van der Waals surface area (Å²) < 4.78 is 10.8. The largest absolute Gasteiger partial charge is 0.488 e. The van der Waals surface area contributed by atoms with Crippen molar-refractivity contribution in [3.63, 3.8) is 0 Å². The van der Waals surface area contributed by atoms with Crippen LogP contribution < -0.4 is 10.1 Å². The van der Waals surface area contributed by atoms with Gasteiger partial charge in [-0.2, -0.15) is 0 Å². The molecule has 0 fully saturated rings. The Balaban J connectivity index is 1.93. The summed E-state index contributed by atoms with van der Waals surface area (Å²) in [5, 5.41) is 11.5. The number of furan rings is 1. The lowest BCUT2D eigenvalue weighted by molar-refractivity contribution is 0.0696. The number of amides is 1. The zero-order chi connectivity index (χ0) is 16.8. The van der Waals surface area contributed by atoms with Crippen LogP contribution in [-0.2, 0) is 0 Å². The Kier molecular flexibility index (Phi) is 5.41. The minimum atomic E-state index is -1.14. The van der Waals surface area contributed by atoms with Crippen molar-refractivity contribution in [1.82, 2.24) is 5.32 Å². The molecule has 1 amide bonds.